The topological polar surface area (TPSA) is 78.3 Å². The van der Waals surface area contributed by atoms with Crippen molar-refractivity contribution in [2.45, 2.75) is 18.9 Å². The first-order valence-electron chi connectivity index (χ1n) is 8.71. The first kappa shape index (κ1) is 14.7. The molecule has 3 saturated heterocycles. The van der Waals surface area contributed by atoms with Crippen molar-refractivity contribution in [1.29, 1.82) is 0 Å². The lowest BCUT2D eigenvalue weighted by molar-refractivity contribution is 0.0681. The summed E-state index contributed by atoms with van der Waals surface area (Å²) in [6, 6.07) is 6.09. The number of hydrogen-bond donors (Lipinski definition) is 1. The molecule has 0 saturated carbocycles. The molecule has 25 heavy (non-hydrogen) atoms. The summed E-state index contributed by atoms with van der Waals surface area (Å²) in [5.41, 5.74) is 2.18. The van der Waals surface area contributed by atoms with Gasteiger partial charge in [-0.15, -0.1) is 0 Å². The minimum Gasteiger partial charge on any atom is -0.445 e. The SMILES string of the molecule is O=C(c1n[nH]c2ccc(-c3ncco3)cc12)N1CCN2CCC1CC2. The van der Waals surface area contributed by atoms with Gasteiger partial charge in [0.2, 0.25) is 5.89 Å². The summed E-state index contributed by atoms with van der Waals surface area (Å²) in [6.45, 7) is 3.90. The third kappa shape index (κ3) is 2.42. The Morgan fingerprint density at radius 2 is 2.08 bits per heavy atom. The number of carbonyl (C=O) groups is 1. The molecule has 3 fully saturated rings. The number of nitrogens with zero attached hydrogens (tertiary/aromatic N) is 4. The quantitative estimate of drug-likeness (QED) is 0.775. The monoisotopic (exact) mass is 337 g/mol. The van der Waals surface area contributed by atoms with Crippen molar-refractivity contribution in [3.8, 4) is 11.5 Å². The molecular formula is C18H19N5O2. The van der Waals surface area contributed by atoms with E-state index in [1.165, 1.54) is 0 Å². The van der Waals surface area contributed by atoms with E-state index >= 15 is 0 Å². The summed E-state index contributed by atoms with van der Waals surface area (Å²) in [5, 5.41) is 8.12. The Balaban J connectivity index is 1.53. The number of nitrogens with one attached hydrogen (secondary N) is 1. The Morgan fingerprint density at radius 1 is 1.20 bits per heavy atom. The van der Waals surface area contributed by atoms with Gasteiger partial charge in [0.05, 0.1) is 11.7 Å². The van der Waals surface area contributed by atoms with Gasteiger partial charge >= 0.3 is 0 Å². The van der Waals surface area contributed by atoms with Crippen LogP contribution in [0.3, 0.4) is 0 Å². The van der Waals surface area contributed by atoms with Crippen LogP contribution in [0.25, 0.3) is 22.4 Å². The van der Waals surface area contributed by atoms with E-state index in [9.17, 15) is 4.79 Å². The molecule has 1 aromatic carbocycles. The fourth-order valence-electron chi connectivity index (χ4n) is 3.97. The molecule has 0 radical (unpaired) electrons. The van der Waals surface area contributed by atoms with Crippen molar-refractivity contribution in [1.82, 2.24) is 25.0 Å². The predicted octanol–water partition coefficient (Wildman–Crippen LogP) is 2.14. The molecule has 128 valence electrons. The summed E-state index contributed by atoms with van der Waals surface area (Å²) < 4.78 is 5.38. The van der Waals surface area contributed by atoms with Gasteiger partial charge in [-0.05, 0) is 31.0 Å². The zero-order valence-corrected chi connectivity index (χ0v) is 13.8. The number of aromatic nitrogens is 3. The van der Waals surface area contributed by atoms with E-state index in [0.717, 1.165) is 55.5 Å². The zero-order chi connectivity index (χ0) is 16.8. The smallest absolute Gasteiger partial charge is 0.275 e. The van der Waals surface area contributed by atoms with E-state index < -0.39 is 0 Å². The molecule has 0 spiro atoms. The van der Waals surface area contributed by atoms with E-state index in [-0.39, 0.29) is 5.91 Å². The second kappa shape index (κ2) is 5.70. The van der Waals surface area contributed by atoms with Gasteiger partial charge in [0.1, 0.15) is 6.26 Å². The highest BCUT2D eigenvalue weighted by Crippen LogP contribution is 2.27. The van der Waals surface area contributed by atoms with Crippen LogP contribution < -0.4 is 0 Å². The summed E-state index contributed by atoms with van der Waals surface area (Å²) in [6.07, 6.45) is 5.26. The Hall–Kier alpha value is -2.67. The van der Waals surface area contributed by atoms with Crippen LogP contribution in [0.5, 0.6) is 0 Å². The molecule has 0 aliphatic carbocycles. The van der Waals surface area contributed by atoms with Crippen LogP contribution in [-0.4, -0.2) is 63.1 Å². The molecule has 1 amide bonds. The maximum absolute atomic E-state index is 13.2. The summed E-state index contributed by atoms with van der Waals surface area (Å²) in [5.74, 6) is 0.562. The Labute approximate surface area is 144 Å². The Kier molecular flexibility index (Phi) is 3.34. The van der Waals surface area contributed by atoms with Crippen LogP contribution in [-0.2, 0) is 0 Å². The van der Waals surface area contributed by atoms with Gasteiger partial charge in [0, 0.05) is 43.2 Å². The van der Waals surface area contributed by atoms with Gasteiger partial charge in [-0.1, -0.05) is 0 Å². The molecule has 0 atom stereocenters. The number of hydrogen-bond acceptors (Lipinski definition) is 5. The summed E-state index contributed by atoms with van der Waals surface area (Å²) in [7, 11) is 0. The highest BCUT2D eigenvalue weighted by atomic mass is 16.3. The summed E-state index contributed by atoms with van der Waals surface area (Å²) >= 11 is 0. The molecule has 2 bridgehead atoms. The van der Waals surface area contributed by atoms with Crippen LogP contribution in [0.2, 0.25) is 0 Å². The van der Waals surface area contributed by atoms with Gasteiger partial charge in [-0.3, -0.25) is 9.89 Å². The maximum Gasteiger partial charge on any atom is 0.275 e. The number of carbonyl (C=O) groups excluding carboxylic acids is 1. The lowest BCUT2D eigenvalue weighted by Gasteiger charge is -2.31. The van der Waals surface area contributed by atoms with Crippen LogP contribution >= 0.6 is 0 Å². The van der Waals surface area contributed by atoms with Gasteiger partial charge in [0.15, 0.2) is 5.69 Å². The predicted molar refractivity (Wildman–Crippen MR) is 92.1 cm³/mol. The van der Waals surface area contributed by atoms with E-state index in [0.29, 0.717) is 17.6 Å². The summed E-state index contributed by atoms with van der Waals surface area (Å²) in [4.78, 5) is 21.8. The second-order valence-corrected chi connectivity index (χ2v) is 6.74. The Bertz CT molecular complexity index is 909. The van der Waals surface area contributed by atoms with E-state index in [2.05, 4.69) is 20.1 Å². The zero-order valence-electron chi connectivity index (χ0n) is 13.8. The molecule has 2 aromatic heterocycles. The minimum absolute atomic E-state index is 0.0181. The highest BCUT2D eigenvalue weighted by Gasteiger charge is 2.33. The molecule has 3 aliphatic heterocycles. The molecular weight excluding hydrogens is 318 g/mol. The molecule has 7 heteroatoms. The van der Waals surface area contributed by atoms with Crippen molar-refractivity contribution < 1.29 is 9.21 Å². The molecule has 0 unspecified atom stereocenters. The number of oxazole rings is 1. The number of fused-ring (bicyclic) bond motifs is 5. The van der Waals surface area contributed by atoms with Crippen LogP contribution in [0.1, 0.15) is 23.3 Å². The highest BCUT2D eigenvalue weighted by molar-refractivity contribution is 6.05. The molecule has 3 aliphatic rings. The van der Waals surface area contributed by atoms with E-state index in [1.54, 1.807) is 12.5 Å². The van der Waals surface area contributed by atoms with Gasteiger partial charge in [0.25, 0.3) is 5.91 Å². The van der Waals surface area contributed by atoms with Crippen molar-refractivity contribution in [2.75, 3.05) is 26.2 Å². The average Bonchev–Trinajstić information content (AvgIpc) is 3.23. The average molecular weight is 337 g/mol. The third-order valence-electron chi connectivity index (χ3n) is 5.36. The van der Waals surface area contributed by atoms with Gasteiger partial charge in [-0.25, -0.2) is 4.98 Å². The van der Waals surface area contributed by atoms with Crippen molar-refractivity contribution in [2.24, 2.45) is 0 Å². The molecule has 1 N–H and O–H groups in total. The fraction of sp³-hybridized carbons (Fsp3) is 0.389. The second-order valence-electron chi connectivity index (χ2n) is 6.74. The maximum atomic E-state index is 13.2. The number of rotatable bonds is 2. The van der Waals surface area contributed by atoms with Crippen molar-refractivity contribution in [3.05, 3.63) is 36.4 Å². The number of H-pyrrole nitrogens is 1. The van der Waals surface area contributed by atoms with Crippen LogP contribution in [0.4, 0.5) is 0 Å². The normalized spacial score (nSPS) is 23.1. The van der Waals surface area contributed by atoms with Crippen LogP contribution in [0.15, 0.2) is 35.1 Å². The largest absolute Gasteiger partial charge is 0.445 e. The molecule has 6 rings (SSSR count). The van der Waals surface area contributed by atoms with Crippen molar-refractivity contribution >= 4 is 16.8 Å². The molecule has 5 heterocycles. The van der Waals surface area contributed by atoms with Gasteiger partial charge in [-0.2, -0.15) is 5.10 Å². The lowest BCUT2D eigenvalue weighted by atomic mass is 10.0. The molecule has 7 nitrogen and oxygen atoms in total. The fourth-order valence-corrected chi connectivity index (χ4v) is 3.97. The third-order valence-corrected chi connectivity index (χ3v) is 5.36. The minimum atomic E-state index is 0.0181. The van der Waals surface area contributed by atoms with Crippen LogP contribution in [0, 0.1) is 0 Å². The Morgan fingerprint density at radius 3 is 2.88 bits per heavy atom. The standard InChI is InChI=1S/C18H19N5O2/c24-18(23-9-8-22-6-3-13(23)4-7-22)16-14-11-12(17-19-5-10-25-17)1-2-15(14)20-21-16/h1-2,5,10-11,13H,3-4,6-9H2,(H,20,21). The number of piperidine rings is 1. The van der Waals surface area contributed by atoms with Gasteiger partial charge < -0.3 is 14.2 Å². The van der Waals surface area contributed by atoms with Crippen molar-refractivity contribution in [3.63, 3.8) is 0 Å². The molecule has 3 aromatic rings. The van der Waals surface area contributed by atoms with E-state index in [4.69, 9.17) is 4.42 Å². The lowest BCUT2D eigenvalue weighted by Crippen LogP contribution is -2.41. The first-order valence-corrected chi connectivity index (χ1v) is 8.71. The first-order chi connectivity index (χ1) is 12.3. The number of amides is 1. The number of benzene rings is 1. The van der Waals surface area contributed by atoms with E-state index in [1.807, 2.05) is 23.1 Å². The number of aromatic amines is 1.